The number of carbonyl (C=O) groups excluding carboxylic acids is 1. The minimum atomic E-state index is -2.96. The van der Waals surface area contributed by atoms with Crippen LogP contribution in [0.25, 0.3) is 0 Å². The van der Waals surface area contributed by atoms with E-state index in [1.807, 2.05) is 6.07 Å². The summed E-state index contributed by atoms with van der Waals surface area (Å²) in [6.45, 7) is -1.19. The molecule has 0 bridgehead atoms. The van der Waals surface area contributed by atoms with Crippen molar-refractivity contribution < 1.29 is 18.3 Å². The first-order valence-electron chi connectivity index (χ1n) is 6.58. The molecule has 0 aliphatic carbocycles. The van der Waals surface area contributed by atoms with E-state index in [0.717, 1.165) is 0 Å². The number of pyridine rings is 1. The monoisotopic (exact) mass is 307 g/mol. The molecule has 22 heavy (non-hydrogen) atoms. The number of amides is 2. The first kappa shape index (κ1) is 15.7. The molecular formula is C15H15F2N3O2. The predicted octanol–water partition coefficient (Wildman–Crippen LogP) is 3.57. The Morgan fingerprint density at radius 3 is 2.59 bits per heavy atom. The van der Waals surface area contributed by atoms with Crippen LogP contribution in [0.15, 0.2) is 48.7 Å². The van der Waals surface area contributed by atoms with Crippen molar-refractivity contribution in [1.82, 2.24) is 10.3 Å². The molecule has 0 aliphatic heterocycles. The fourth-order valence-corrected chi connectivity index (χ4v) is 1.83. The lowest BCUT2D eigenvalue weighted by molar-refractivity contribution is -0.0493. The van der Waals surface area contributed by atoms with E-state index >= 15 is 0 Å². The van der Waals surface area contributed by atoms with Gasteiger partial charge in [0.1, 0.15) is 5.75 Å². The van der Waals surface area contributed by atoms with Gasteiger partial charge in [-0.05, 0) is 31.2 Å². The maximum Gasteiger partial charge on any atom is 0.387 e. The van der Waals surface area contributed by atoms with E-state index in [0.29, 0.717) is 5.69 Å². The smallest absolute Gasteiger partial charge is 0.387 e. The molecule has 1 aromatic heterocycles. The molecule has 0 spiro atoms. The van der Waals surface area contributed by atoms with Crippen LogP contribution in [0.2, 0.25) is 0 Å². The predicted molar refractivity (Wildman–Crippen MR) is 77.9 cm³/mol. The quantitative estimate of drug-likeness (QED) is 0.887. The number of benzene rings is 1. The van der Waals surface area contributed by atoms with Crippen LogP contribution >= 0.6 is 0 Å². The first-order chi connectivity index (χ1) is 10.6. The average Bonchev–Trinajstić information content (AvgIpc) is 2.49. The van der Waals surface area contributed by atoms with E-state index in [1.165, 1.54) is 18.2 Å². The normalized spacial score (nSPS) is 11.8. The summed E-state index contributed by atoms with van der Waals surface area (Å²) in [5.74, 6) is -0.0989. The van der Waals surface area contributed by atoms with E-state index in [1.54, 1.807) is 31.3 Å². The van der Waals surface area contributed by atoms with Gasteiger partial charge in [-0.2, -0.15) is 8.78 Å². The summed E-state index contributed by atoms with van der Waals surface area (Å²) in [6, 6.07) is 10.5. The van der Waals surface area contributed by atoms with E-state index in [-0.39, 0.29) is 17.5 Å². The number of para-hydroxylation sites is 2. The Kier molecular flexibility index (Phi) is 5.24. The van der Waals surface area contributed by atoms with Crippen LogP contribution in [0.4, 0.5) is 19.3 Å². The van der Waals surface area contributed by atoms with Gasteiger partial charge < -0.3 is 15.4 Å². The number of hydrogen-bond acceptors (Lipinski definition) is 3. The van der Waals surface area contributed by atoms with Gasteiger partial charge >= 0.3 is 12.6 Å². The van der Waals surface area contributed by atoms with E-state index < -0.39 is 12.6 Å². The van der Waals surface area contributed by atoms with Gasteiger partial charge in [-0.1, -0.05) is 18.2 Å². The lowest BCUT2D eigenvalue weighted by Crippen LogP contribution is -2.31. The number of rotatable bonds is 5. The van der Waals surface area contributed by atoms with Crippen molar-refractivity contribution in [2.45, 2.75) is 19.6 Å². The van der Waals surface area contributed by atoms with Crippen molar-refractivity contribution in [3.8, 4) is 5.75 Å². The van der Waals surface area contributed by atoms with Crippen molar-refractivity contribution in [1.29, 1.82) is 0 Å². The Morgan fingerprint density at radius 2 is 1.91 bits per heavy atom. The molecule has 1 atom stereocenters. The summed E-state index contributed by atoms with van der Waals surface area (Å²) in [6.07, 6.45) is 1.62. The Morgan fingerprint density at radius 1 is 1.18 bits per heavy atom. The van der Waals surface area contributed by atoms with Crippen molar-refractivity contribution >= 4 is 11.7 Å². The number of urea groups is 1. The van der Waals surface area contributed by atoms with Crippen LogP contribution in [0.5, 0.6) is 5.75 Å². The number of aromatic nitrogens is 1. The molecule has 0 saturated carbocycles. The minimum absolute atomic E-state index is 0.0989. The van der Waals surface area contributed by atoms with Gasteiger partial charge in [0, 0.05) is 6.20 Å². The number of nitrogens with zero attached hydrogens (tertiary/aromatic N) is 1. The van der Waals surface area contributed by atoms with Crippen molar-refractivity contribution in [3.05, 3.63) is 54.4 Å². The molecule has 116 valence electrons. The second-order valence-electron chi connectivity index (χ2n) is 4.45. The van der Waals surface area contributed by atoms with Crippen LogP contribution in [0.3, 0.4) is 0 Å². The highest BCUT2D eigenvalue weighted by molar-refractivity contribution is 5.91. The summed E-state index contributed by atoms with van der Waals surface area (Å²) in [7, 11) is 0. The topological polar surface area (TPSA) is 63.2 Å². The second kappa shape index (κ2) is 7.35. The molecule has 5 nitrogen and oxygen atoms in total. The number of nitrogens with one attached hydrogen (secondary N) is 2. The molecule has 0 aliphatic rings. The second-order valence-corrected chi connectivity index (χ2v) is 4.45. The molecule has 0 saturated heterocycles. The zero-order chi connectivity index (χ0) is 15.9. The van der Waals surface area contributed by atoms with E-state index in [4.69, 9.17) is 0 Å². The Labute approximate surface area is 126 Å². The van der Waals surface area contributed by atoms with Crippen LogP contribution in [0, 0.1) is 0 Å². The number of carbonyl (C=O) groups is 1. The number of halogens is 2. The number of ether oxygens (including phenoxy) is 1. The maximum absolute atomic E-state index is 12.3. The summed E-state index contributed by atoms with van der Waals surface area (Å²) in [5, 5.41) is 5.15. The Balaban J connectivity index is 2.00. The van der Waals surface area contributed by atoms with Gasteiger partial charge in [0.2, 0.25) is 0 Å². The molecule has 0 radical (unpaired) electrons. The van der Waals surface area contributed by atoms with Gasteiger partial charge in [0.15, 0.2) is 0 Å². The average molecular weight is 307 g/mol. The molecule has 1 heterocycles. The maximum atomic E-state index is 12.3. The molecule has 0 fully saturated rings. The van der Waals surface area contributed by atoms with Gasteiger partial charge in [-0.3, -0.25) is 4.98 Å². The number of alkyl halides is 2. The third kappa shape index (κ3) is 4.41. The summed E-state index contributed by atoms with van der Waals surface area (Å²) in [5.41, 5.74) is 0.850. The standard InChI is InChI=1S/C15H15F2N3O2/c1-10(11-6-4-5-9-18-11)19-15(21)20-12-7-2-3-8-13(12)22-14(16)17/h2-10,14H,1H3,(H2,19,20,21). The molecule has 7 heteroatoms. The van der Waals surface area contributed by atoms with Crippen molar-refractivity contribution in [3.63, 3.8) is 0 Å². The van der Waals surface area contributed by atoms with Gasteiger partial charge in [-0.15, -0.1) is 0 Å². The first-order valence-corrected chi connectivity index (χ1v) is 6.58. The third-order valence-corrected chi connectivity index (χ3v) is 2.83. The molecule has 2 amide bonds. The molecule has 2 aromatic rings. The van der Waals surface area contributed by atoms with Crippen LogP contribution in [-0.4, -0.2) is 17.6 Å². The summed E-state index contributed by atoms with van der Waals surface area (Å²) < 4.78 is 29.0. The minimum Gasteiger partial charge on any atom is -0.433 e. The molecule has 2 rings (SSSR count). The highest BCUT2D eigenvalue weighted by atomic mass is 19.3. The highest BCUT2D eigenvalue weighted by Gasteiger charge is 2.14. The highest BCUT2D eigenvalue weighted by Crippen LogP contribution is 2.25. The Hall–Kier alpha value is -2.70. The van der Waals surface area contributed by atoms with E-state index in [9.17, 15) is 13.6 Å². The van der Waals surface area contributed by atoms with Crippen molar-refractivity contribution in [2.24, 2.45) is 0 Å². The fraction of sp³-hybridized carbons (Fsp3) is 0.200. The number of anilines is 1. The molecular weight excluding hydrogens is 292 g/mol. The lowest BCUT2D eigenvalue weighted by atomic mass is 10.2. The third-order valence-electron chi connectivity index (χ3n) is 2.83. The summed E-state index contributed by atoms with van der Waals surface area (Å²) >= 11 is 0. The Bertz CT molecular complexity index is 623. The van der Waals surface area contributed by atoms with Gasteiger partial charge in [0.05, 0.1) is 17.4 Å². The fourth-order valence-electron chi connectivity index (χ4n) is 1.83. The SMILES string of the molecule is CC(NC(=O)Nc1ccccc1OC(F)F)c1ccccn1. The largest absolute Gasteiger partial charge is 0.433 e. The zero-order valence-electron chi connectivity index (χ0n) is 11.8. The number of hydrogen-bond donors (Lipinski definition) is 2. The lowest BCUT2D eigenvalue weighted by Gasteiger charge is -2.15. The van der Waals surface area contributed by atoms with Gasteiger partial charge in [-0.25, -0.2) is 4.79 Å². The van der Waals surface area contributed by atoms with Gasteiger partial charge in [0.25, 0.3) is 0 Å². The van der Waals surface area contributed by atoms with Crippen LogP contribution in [-0.2, 0) is 0 Å². The zero-order valence-corrected chi connectivity index (χ0v) is 11.8. The van der Waals surface area contributed by atoms with Crippen LogP contribution in [0.1, 0.15) is 18.7 Å². The molecule has 2 N–H and O–H groups in total. The van der Waals surface area contributed by atoms with Crippen LogP contribution < -0.4 is 15.4 Å². The van der Waals surface area contributed by atoms with E-state index in [2.05, 4.69) is 20.4 Å². The molecule has 1 unspecified atom stereocenters. The molecule has 1 aromatic carbocycles. The van der Waals surface area contributed by atoms with Crippen molar-refractivity contribution in [2.75, 3.05) is 5.32 Å². The summed E-state index contributed by atoms with van der Waals surface area (Å²) in [4.78, 5) is 16.1.